The SMILES string of the molecule is COc1ccc(N2c3ccccc3Sc3cc(-c4ccc(/C=C5\SC(=S)N(C(CCCC(=O)O)C(=O)O)C5=O)cc4)ccc32)cc1. The van der Waals surface area contributed by atoms with E-state index in [1.807, 2.05) is 48.5 Å². The number of carboxylic acid groups (broad SMARTS) is 2. The summed E-state index contributed by atoms with van der Waals surface area (Å²) < 4.78 is 5.51. The van der Waals surface area contributed by atoms with Crippen LogP contribution in [0.5, 0.6) is 5.75 Å². The summed E-state index contributed by atoms with van der Waals surface area (Å²) >= 11 is 8.13. The fourth-order valence-corrected chi connectivity index (χ4v) is 7.88. The van der Waals surface area contributed by atoms with Gasteiger partial charge in [0.25, 0.3) is 5.91 Å². The predicted octanol–water partition coefficient (Wildman–Crippen LogP) is 8.21. The van der Waals surface area contributed by atoms with Gasteiger partial charge in [0.05, 0.1) is 23.4 Å². The van der Waals surface area contributed by atoms with Crippen molar-refractivity contribution in [3.05, 3.63) is 101 Å². The molecular formula is C35H28N2O6S3. The summed E-state index contributed by atoms with van der Waals surface area (Å²) in [5.41, 5.74) is 6.05. The van der Waals surface area contributed by atoms with Crippen LogP contribution >= 0.6 is 35.7 Å². The number of carbonyl (C=O) groups excluding carboxylic acids is 1. The van der Waals surface area contributed by atoms with E-state index >= 15 is 0 Å². The molecule has 0 spiro atoms. The fraction of sp³-hybridized carbons (Fsp3) is 0.143. The maximum atomic E-state index is 13.2. The summed E-state index contributed by atoms with van der Waals surface area (Å²) in [6.45, 7) is 0. The maximum Gasteiger partial charge on any atom is 0.326 e. The molecule has 4 aromatic carbocycles. The van der Waals surface area contributed by atoms with Crippen LogP contribution in [0.25, 0.3) is 17.2 Å². The van der Waals surface area contributed by atoms with Gasteiger partial charge in [-0.1, -0.05) is 78.2 Å². The Balaban J connectivity index is 1.23. The number of para-hydroxylation sites is 1. The number of rotatable bonds is 10. The van der Waals surface area contributed by atoms with E-state index in [0.717, 1.165) is 66.0 Å². The second-order valence-corrected chi connectivity index (χ2v) is 13.4. The number of thiocarbonyl (C=S) groups is 1. The molecule has 1 fully saturated rings. The minimum Gasteiger partial charge on any atom is -0.497 e. The molecule has 0 radical (unpaired) electrons. The molecule has 46 heavy (non-hydrogen) atoms. The third-order valence-electron chi connectivity index (χ3n) is 7.69. The molecule has 2 aliphatic heterocycles. The summed E-state index contributed by atoms with van der Waals surface area (Å²) in [5.74, 6) is -1.93. The van der Waals surface area contributed by atoms with Crippen molar-refractivity contribution < 1.29 is 29.3 Å². The molecule has 11 heteroatoms. The lowest BCUT2D eigenvalue weighted by Crippen LogP contribution is -2.43. The maximum absolute atomic E-state index is 13.2. The molecule has 2 aliphatic rings. The van der Waals surface area contributed by atoms with Crippen molar-refractivity contribution in [3.63, 3.8) is 0 Å². The van der Waals surface area contributed by atoms with Crippen LogP contribution in [-0.2, 0) is 14.4 Å². The lowest BCUT2D eigenvalue weighted by molar-refractivity contribution is -0.146. The van der Waals surface area contributed by atoms with Gasteiger partial charge in [-0.05, 0) is 84.1 Å². The van der Waals surface area contributed by atoms with Gasteiger partial charge in [-0.15, -0.1) is 0 Å². The van der Waals surface area contributed by atoms with Crippen molar-refractivity contribution in [1.82, 2.24) is 4.90 Å². The van der Waals surface area contributed by atoms with Crippen molar-refractivity contribution in [2.75, 3.05) is 12.0 Å². The van der Waals surface area contributed by atoms with Gasteiger partial charge in [-0.3, -0.25) is 14.5 Å². The van der Waals surface area contributed by atoms with Crippen molar-refractivity contribution >= 4 is 81.0 Å². The van der Waals surface area contributed by atoms with E-state index in [1.165, 1.54) is 0 Å². The molecule has 6 rings (SSSR count). The highest BCUT2D eigenvalue weighted by Crippen LogP contribution is 2.52. The van der Waals surface area contributed by atoms with Crippen LogP contribution in [0.1, 0.15) is 24.8 Å². The van der Waals surface area contributed by atoms with Crippen LogP contribution in [0.4, 0.5) is 17.1 Å². The standard InChI is InChI=1S/C35H28N2O6S3/c1-43-25-16-14-24(15-17-25)36-26-5-2-3-7-29(26)45-30-20-23(13-18-27(30)36)22-11-9-21(10-12-22)19-31-33(40)37(35(44)46-31)28(34(41)42)6-4-8-32(38)39/h2-3,5,7,9-20,28H,4,6,8H2,1H3,(H,38,39)(H,41,42)/b31-19-. The van der Waals surface area contributed by atoms with E-state index in [4.69, 9.17) is 22.1 Å². The molecule has 2 N–H and O–H groups in total. The van der Waals surface area contributed by atoms with E-state index in [9.17, 15) is 19.5 Å². The van der Waals surface area contributed by atoms with Gasteiger partial charge >= 0.3 is 11.9 Å². The quantitative estimate of drug-likeness (QED) is 0.112. The first-order valence-corrected chi connectivity index (χ1v) is 16.4. The Bertz CT molecular complexity index is 1870. The molecular weight excluding hydrogens is 641 g/mol. The zero-order chi connectivity index (χ0) is 32.4. The summed E-state index contributed by atoms with van der Waals surface area (Å²) in [7, 11) is 1.66. The Morgan fingerprint density at radius 1 is 0.891 bits per heavy atom. The average molecular weight is 669 g/mol. The molecule has 1 amide bonds. The lowest BCUT2D eigenvalue weighted by Gasteiger charge is -2.33. The second kappa shape index (κ2) is 13.4. The minimum absolute atomic E-state index is 0.00143. The summed E-state index contributed by atoms with van der Waals surface area (Å²) in [6.07, 6.45) is 1.64. The molecule has 4 aromatic rings. The van der Waals surface area contributed by atoms with E-state index in [2.05, 4.69) is 47.4 Å². The number of thioether (sulfide) groups is 1. The topological polar surface area (TPSA) is 107 Å². The van der Waals surface area contributed by atoms with Gasteiger partial charge in [-0.2, -0.15) is 0 Å². The van der Waals surface area contributed by atoms with Crippen LogP contribution in [0, 0.1) is 0 Å². The first-order valence-electron chi connectivity index (χ1n) is 14.4. The number of benzene rings is 4. The molecule has 1 atom stereocenters. The summed E-state index contributed by atoms with van der Waals surface area (Å²) in [4.78, 5) is 41.9. The Morgan fingerprint density at radius 3 is 2.28 bits per heavy atom. The number of anilines is 3. The first-order chi connectivity index (χ1) is 22.2. The summed E-state index contributed by atoms with van der Waals surface area (Å²) in [6, 6.07) is 29.4. The molecule has 1 unspecified atom stereocenters. The normalized spacial score (nSPS) is 15.5. The third-order valence-corrected chi connectivity index (χ3v) is 10.1. The molecule has 0 aromatic heterocycles. The van der Waals surface area contributed by atoms with Gasteiger partial charge < -0.3 is 19.8 Å². The average Bonchev–Trinajstić information content (AvgIpc) is 3.33. The lowest BCUT2D eigenvalue weighted by atomic mass is 10.0. The van der Waals surface area contributed by atoms with Crippen molar-refractivity contribution in [2.24, 2.45) is 0 Å². The van der Waals surface area contributed by atoms with Crippen LogP contribution in [-0.4, -0.2) is 50.4 Å². The smallest absolute Gasteiger partial charge is 0.326 e. The molecule has 232 valence electrons. The van der Waals surface area contributed by atoms with E-state index < -0.39 is 23.9 Å². The number of nitrogens with zero attached hydrogens (tertiary/aromatic N) is 2. The number of carbonyl (C=O) groups is 3. The fourth-order valence-electron chi connectivity index (χ4n) is 5.43. The number of ether oxygens (including phenoxy) is 1. The van der Waals surface area contributed by atoms with Gasteiger partial charge in [-0.25, -0.2) is 4.79 Å². The highest BCUT2D eigenvalue weighted by atomic mass is 32.2. The van der Waals surface area contributed by atoms with Crippen LogP contribution in [0.3, 0.4) is 0 Å². The first kappa shape index (κ1) is 31.4. The Labute approximate surface area is 279 Å². The predicted molar refractivity (Wildman–Crippen MR) is 185 cm³/mol. The Hall–Kier alpha value is -4.58. The number of hydrogen-bond donors (Lipinski definition) is 2. The van der Waals surface area contributed by atoms with Crippen molar-refractivity contribution in [2.45, 2.75) is 35.1 Å². The van der Waals surface area contributed by atoms with Crippen LogP contribution in [0.15, 0.2) is 106 Å². The minimum atomic E-state index is -1.22. The number of fused-ring (bicyclic) bond motifs is 2. The molecule has 8 nitrogen and oxygen atoms in total. The van der Waals surface area contributed by atoms with Crippen LogP contribution in [0.2, 0.25) is 0 Å². The third kappa shape index (κ3) is 6.39. The molecule has 0 bridgehead atoms. The number of aliphatic carboxylic acids is 2. The Kier molecular flexibility index (Phi) is 9.16. The Morgan fingerprint density at radius 2 is 1.59 bits per heavy atom. The second-order valence-electron chi connectivity index (χ2n) is 10.6. The van der Waals surface area contributed by atoms with E-state index in [1.54, 1.807) is 24.9 Å². The van der Waals surface area contributed by atoms with Gasteiger partial charge in [0, 0.05) is 21.9 Å². The summed E-state index contributed by atoms with van der Waals surface area (Å²) in [5, 5.41) is 18.6. The highest BCUT2D eigenvalue weighted by Gasteiger charge is 2.40. The molecule has 2 heterocycles. The largest absolute Gasteiger partial charge is 0.497 e. The van der Waals surface area contributed by atoms with E-state index in [-0.39, 0.29) is 23.6 Å². The van der Waals surface area contributed by atoms with E-state index in [0.29, 0.717) is 4.91 Å². The highest BCUT2D eigenvalue weighted by molar-refractivity contribution is 8.26. The monoisotopic (exact) mass is 668 g/mol. The molecule has 1 saturated heterocycles. The number of carboxylic acids is 2. The van der Waals surface area contributed by atoms with Gasteiger partial charge in [0.2, 0.25) is 0 Å². The number of amides is 1. The number of methoxy groups -OCH3 is 1. The van der Waals surface area contributed by atoms with Gasteiger partial charge in [0.1, 0.15) is 16.1 Å². The van der Waals surface area contributed by atoms with Crippen LogP contribution < -0.4 is 9.64 Å². The van der Waals surface area contributed by atoms with Gasteiger partial charge in [0.15, 0.2) is 0 Å². The molecule has 0 aliphatic carbocycles. The molecule has 0 saturated carbocycles. The number of hydrogen-bond acceptors (Lipinski definition) is 8. The zero-order valence-electron chi connectivity index (χ0n) is 24.6. The zero-order valence-corrected chi connectivity index (χ0v) is 27.0. The van der Waals surface area contributed by atoms with Crippen molar-refractivity contribution in [3.8, 4) is 16.9 Å². The van der Waals surface area contributed by atoms with Crippen molar-refractivity contribution in [1.29, 1.82) is 0 Å².